The molecular formula is C17H18N4O3S. The highest BCUT2D eigenvalue weighted by atomic mass is 32.2. The molecule has 8 heteroatoms. The molecule has 1 aromatic heterocycles. The number of esters is 1. The van der Waals surface area contributed by atoms with Crippen molar-refractivity contribution in [3.05, 3.63) is 41.7 Å². The number of nitrogens with zero attached hydrogens (tertiary/aromatic N) is 2. The highest BCUT2D eigenvalue weighted by molar-refractivity contribution is 7.99. The second kappa shape index (κ2) is 7.52. The fraction of sp³-hybridized carbons (Fsp3) is 0.294. The number of fused-ring (bicyclic) bond motifs is 1. The fourth-order valence-electron chi connectivity index (χ4n) is 2.64. The van der Waals surface area contributed by atoms with Gasteiger partial charge in [-0.2, -0.15) is 5.10 Å². The number of benzene rings is 1. The number of ether oxygens (including phenoxy) is 1. The monoisotopic (exact) mass is 358 g/mol. The number of carbonyl (C=O) groups excluding carboxylic acids is 2. The van der Waals surface area contributed by atoms with Crippen LogP contribution in [0.2, 0.25) is 0 Å². The molecule has 1 aliphatic rings. The van der Waals surface area contributed by atoms with E-state index in [1.165, 1.54) is 11.8 Å². The Morgan fingerprint density at radius 1 is 1.36 bits per heavy atom. The third-order valence-electron chi connectivity index (χ3n) is 3.76. The van der Waals surface area contributed by atoms with E-state index >= 15 is 0 Å². The van der Waals surface area contributed by atoms with Crippen molar-refractivity contribution in [3.63, 3.8) is 0 Å². The van der Waals surface area contributed by atoms with Gasteiger partial charge < -0.3 is 15.4 Å². The highest BCUT2D eigenvalue weighted by Crippen LogP contribution is 2.27. The van der Waals surface area contributed by atoms with Crippen LogP contribution in [0.5, 0.6) is 0 Å². The summed E-state index contributed by atoms with van der Waals surface area (Å²) in [5.74, 6) is -0.0451. The van der Waals surface area contributed by atoms with Crippen LogP contribution >= 0.6 is 11.8 Å². The van der Waals surface area contributed by atoms with Gasteiger partial charge in [0.05, 0.1) is 24.4 Å². The van der Waals surface area contributed by atoms with E-state index in [-0.39, 0.29) is 12.6 Å². The third kappa shape index (κ3) is 3.74. The lowest BCUT2D eigenvalue weighted by Gasteiger charge is -2.26. The molecule has 1 aliphatic heterocycles. The van der Waals surface area contributed by atoms with Gasteiger partial charge in [-0.05, 0) is 13.8 Å². The molecule has 1 aromatic carbocycles. The summed E-state index contributed by atoms with van der Waals surface area (Å²) < 4.78 is 5.11. The van der Waals surface area contributed by atoms with Crippen LogP contribution < -0.4 is 10.6 Å². The molecule has 2 amide bonds. The van der Waals surface area contributed by atoms with Crippen LogP contribution in [0.4, 0.5) is 4.79 Å². The number of hydrogen-bond acceptors (Lipinski definition) is 6. The van der Waals surface area contributed by atoms with Gasteiger partial charge in [0.2, 0.25) is 0 Å². The molecular weight excluding hydrogens is 340 g/mol. The van der Waals surface area contributed by atoms with Crippen molar-refractivity contribution in [1.29, 1.82) is 0 Å². The smallest absolute Gasteiger partial charge is 0.337 e. The number of aromatic nitrogens is 2. The largest absolute Gasteiger partial charge is 0.463 e. The van der Waals surface area contributed by atoms with E-state index in [0.717, 1.165) is 15.8 Å². The Bertz CT molecular complexity index is 847. The van der Waals surface area contributed by atoms with Crippen molar-refractivity contribution in [1.82, 2.24) is 20.8 Å². The first-order chi connectivity index (χ1) is 12.1. The molecule has 1 atom stereocenters. The maximum absolute atomic E-state index is 12.2. The summed E-state index contributed by atoms with van der Waals surface area (Å²) in [4.78, 5) is 24.0. The second-order valence-electron chi connectivity index (χ2n) is 5.46. The predicted octanol–water partition coefficient (Wildman–Crippen LogP) is 2.24. The molecule has 25 heavy (non-hydrogen) atoms. The molecule has 0 saturated carbocycles. The molecule has 0 spiro atoms. The Morgan fingerprint density at radius 3 is 2.96 bits per heavy atom. The van der Waals surface area contributed by atoms with Gasteiger partial charge in [0.15, 0.2) is 0 Å². The van der Waals surface area contributed by atoms with Gasteiger partial charge in [0.25, 0.3) is 0 Å². The van der Waals surface area contributed by atoms with Crippen LogP contribution in [0.25, 0.3) is 10.8 Å². The standard InChI is InChI=1S/C17H18N4O3S/c1-3-24-16(22)14-10(2)19-17(23)20-13(14)9-25-15-12-7-5-4-6-11(12)8-18-21-15/h4-8,10H,3,9H2,1-2H3,(H2,19,20,23)/t10-/m0/s1. The minimum Gasteiger partial charge on any atom is -0.463 e. The molecule has 0 bridgehead atoms. The minimum atomic E-state index is -0.429. The number of rotatable bonds is 5. The number of thioether (sulfide) groups is 1. The van der Waals surface area contributed by atoms with E-state index in [9.17, 15) is 9.59 Å². The van der Waals surface area contributed by atoms with Crippen molar-refractivity contribution in [3.8, 4) is 0 Å². The summed E-state index contributed by atoms with van der Waals surface area (Å²) in [5, 5.41) is 16.3. The summed E-state index contributed by atoms with van der Waals surface area (Å²) >= 11 is 1.42. The van der Waals surface area contributed by atoms with Crippen molar-refractivity contribution in [2.75, 3.05) is 12.4 Å². The molecule has 3 rings (SSSR count). The molecule has 2 heterocycles. The molecule has 7 nitrogen and oxygen atoms in total. The highest BCUT2D eigenvalue weighted by Gasteiger charge is 2.29. The first-order valence-corrected chi connectivity index (χ1v) is 8.89. The zero-order valence-corrected chi connectivity index (χ0v) is 14.7. The molecule has 2 N–H and O–H groups in total. The van der Waals surface area contributed by atoms with Crippen LogP contribution in [0.3, 0.4) is 0 Å². The average Bonchev–Trinajstić information content (AvgIpc) is 2.59. The van der Waals surface area contributed by atoms with Crippen molar-refractivity contribution < 1.29 is 14.3 Å². The summed E-state index contributed by atoms with van der Waals surface area (Å²) in [6, 6.07) is 7.06. The van der Waals surface area contributed by atoms with Crippen LogP contribution in [-0.4, -0.2) is 40.6 Å². The van der Waals surface area contributed by atoms with E-state index in [2.05, 4.69) is 20.8 Å². The van der Waals surface area contributed by atoms with Gasteiger partial charge in [-0.25, -0.2) is 9.59 Å². The maximum atomic E-state index is 12.2. The Hall–Kier alpha value is -2.61. The van der Waals surface area contributed by atoms with Gasteiger partial charge in [0.1, 0.15) is 5.03 Å². The van der Waals surface area contributed by atoms with E-state index in [0.29, 0.717) is 17.0 Å². The van der Waals surface area contributed by atoms with E-state index < -0.39 is 12.0 Å². The van der Waals surface area contributed by atoms with Crippen LogP contribution in [0, 0.1) is 0 Å². The number of nitrogens with one attached hydrogen (secondary N) is 2. The van der Waals surface area contributed by atoms with Gasteiger partial charge in [-0.15, -0.1) is 5.10 Å². The van der Waals surface area contributed by atoms with Gasteiger partial charge >= 0.3 is 12.0 Å². The Kier molecular flexibility index (Phi) is 5.18. The first kappa shape index (κ1) is 17.2. The van der Waals surface area contributed by atoms with Crippen LogP contribution in [0.1, 0.15) is 13.8 Å². The first-order valence-electron chi connectivity index (χ1n) is 7.91. The molecule has 0 unspecified atom stereocenters. The van der Waals surface area contributed by atoms with Crippen molar-refractivity contribution in [2.45, 2.75) is 24.9 Å². The SMILES string of the molecule is CCOC(=O)C1=C(CSc2nncc3ccccc23)NC(=O)N[C@H]1C. The molecule has 0 fully saturated rings. The van der Waals surface area contributed by atoms with Gasteiger partial charge in [0, 0.05) is 22.2 Å². The quantitative estimate of drug-likeness (QED) is 0.629. The van der Waals surface area contributed by atoms with Crippen LogP contribution in [-0.2, 0) is 9.53 Å². The minimum absolute atomic E-state index is 0.276. The zero-order chi connectivity index (χ0) is 17.8. The average molecular weight is 358 g/mol. The normalized spacial score (nSPS) is 17.2. The molecule has 0 aliphatic carbocycles. The van der Waals surface area contributed by atoms with E-state index in [1.807, 2.05) is 24.3 Å². The van der Waals surface area contributed by atoms with E-state index in [1.54, 1.807) is 20.0 Å². The predicted molar refractivity (Wildman–Crippen MR) is 95.1 cm³/mol. The van der Waals surface area contributed by atoms with Crippen molar-refractivity contribution in [2.24, 2.45) is 0 Å². The number of urea groups is 1. The van der Waals surface area contributed by atoms with E-state index in [4.69, 9.17) is 4.74 Å². The summed E-state index contributed by atoms with van der Waals surface area (Å²) in [7, 11) is 0. The molecule has 2 aromatic rings. The van der Waals surface area contributed by atoms with Gasteiger partial charge in [-0.1, -0.05) is 36.0 Å². The topological polar surface area (TPSA) is 93.2 Å². The number of amides is 2. The Labute approximate surface area is 149 Å². The van der Waals surface area contributed by atoms with Crippen molar-refractivity contribution >= 4 is 34.5 Å². The van der Waals surface area contributed by atoms with Crippen LogP contribution in [0.15, 0.2) is 46.8 Å². The summed E-state index contributed by atoms with van der Waals surface area (Å²) in [5.41, 5.74) is 0.969. The molecule has 130 valence electrons. The maximum Gasteiger partial charge on any atom is 0.337 e. The fourth-order valence-corrected chi connectivity index (χ4v) is 3.60. The lowest BCUT2D eigenvalue weighted by molar-refractivity contribution is -0.138. The lowest BCUT2D eigenvalue weighted by Crippen LogP contribution is -2.49. The summed E-state index contributed by atoms with van der Waals surface area (Å²) in [6.45, 7) is 3.78. The zero-order valence-electron chi connectivity index (χ0n) is 13.9. The Morgan fingerprint density at radius 2 is 2.16 bits per heavy atom. The number of hydrogen-bond donors (Lipinski definition) is 2. The second-order valence-corrected chi connectivity index (χ2v) is 6.42. The molecule has 0 radical (unpaired) electrons. The third-order valence-corrected chi connectivity index (χ3v) is 4.76. The lowest BCUT2D eigenvalue weighted by atomic mass is 10.1. The van der Waals surface area contributed by atoms with Gasteiger partial charge in [-0.3, -0.25) is 0 Å². The Balaban J connectivity index is 1.89. The summed E-state index contributed by atoms with van der Waals surface area (Å²) in [6.07, 6.45) is 1.71. The molecule has 0 saturated heterocycles. The number of carbonyl (C=O) groups is 2.